The smallest absolute Gasteiger partial charge is 0.339 e. The summed E-state index contributed by atoms with van der Waals surface area (Å²) in [5.74, 6) is 1.09. The summed E-state index contributed by atoms with van der Waals surface area (Å²) in [4.78, 5) is 30.8. The number of hydrogen-bond acceptors (Lipinski definition) is 6. The van der Waals surface area contributed by atoms with E-state index in [1.807, 2.05) is 42.5 Å². The van der Waals surface area contributed by atoms with E-state index in [2.05, 4.69) is 6.08 Å². The van der Waals surface area contributed by atoms with Gasteiger partial charge in [0.1, 0.15) is 0 Å². The van der Waals surface area contributed by atoms with Crippen molar-refractivity contribution in [3.8, 4) is 11.5 Å². The number of aromatic nitrogens is 1. The van der Waals surface area contributed by atoms with Gasteiger partial charge in [-0.2, -0.15) is 0 Å². The van der Waals surface area contributed by atoms with Crippen molar-refractivity contribution in [3.05, 3.63) is 64.8 Å². The molecule has 0 saturated heterocycles. The minimum atomic E-state index is -0.643. The van der Waals surface area contributed by atoms with Gasteiger partial charge in [-0.25, -0.2) is 9.78 Å². The number of ether oxygens (including phenoxy) is 3. The van der Waals surface area contributed by atoms with Crippen LogP contribution in [0.1, 0.15) is 65.7 Å². The normalized spacial score (nSPS) is 20.4. The third kappa shape index (κ3) is 3.73. The molecule has 2 heterocycles. The number of carbonyl (C=O) groups is 2. The number of rotatable bonds is 3. The van der Waals surface area contributed by atoms with E-state index < -0.39 is 12.1 Å². The summed E-state index contributed by atoms with van der Waals surface area (Å²) in [5.41, 5.74) is 5.12. The minimum absolute atomic E-state index is 0.0234. The fourth-order valence-corrected chi connectivity index (χ4v) is 5.18. The molecule has 3 aliphatic rings. The summed E-state index contributed by atoms with van der Waals surface area (Å²) < 4.78 is 16.8. The fourth-order valence-electron chi connectivity index (χ4n) is 5.18. The van der Waals surface area contributed by atoms with Crippen molar-refractivity contribution in [1.29, 1.82) is 0 Å². The second-order valence-corrected chi connectivity index (χ2v) is 9.07. The van der Waals surface area contributed by atoms with Crippen LogP contribution in [0.15, 0.2) is 42.5 Å². The SMILES string of the molecule is O=C(O[C@H]1CCCCC1=O)c1c2c(nc3ccccc13)/C(=C\c1ccc3c(c1)OCO3)CCC2. The summed E-state index contributed by atoms with van der Waals surface area (Å²) in [5, 5.41) is 0.777. The van der Waals surface area contributed by atoms with Gasteiger partial charge in [-0.1, -0.05) is 24.3 Å². The second kappa shape index (κ2) is 8.60. The van der Waals surface area contributed by atoms with Gasteiger partial charge in [0.05, 0.1) is 16.8 Å². The highest BCUT2D eigenvalue weighted by molar-refractivity contribution is 6.07. The molecule has 1 fully saturated rings. The molecule has 6 rings (SSSR count). The van der Waals surface area contributed by atoms with Crippen LogP contribution >= 0.6 is 0 Å². The maximum Gasteiger partial charge on any atom is 0.339 e. The Hall–Kier alpha value is -3.67. The van der Waals surface area contributed by atoms with Crippen molar-refractivity contribution < 1.29 is 23.8 Å². The number of benzene rings is 2. The van der Waals surface area contributed by atoms with E-state index in [-0.39, 0.29) is 12.6 Å². The van der Waals surface area contributed by atoms with Crippen LogP contribution in [0, 0.1) is 0 Å². The van der Waals surface area contributed by atoms with E-state index >= 15 is 0 Å². The molecule has 0 spiro atoms. The van der Waals surface area contributed by atoms with Crippen molar-refractivity contribution in [2.45, 2.75) is 51.0 Å². The number of esters is 1. The van der Waals surface area contributed by atoms with Crippen molar-refractivity contribution >= 4 is 34.3 Å². The first kappa shape index (κ1) is 20.9. The van der Waals surface area contributed by atoms with Crippen molar-refractivity contribution in [2.24, 2.45) is 0 Å². The Bertz CT molecular complexity index is 1340. The Morgan fingerprint density at radius 3 is 2.79 bits per heavy atom. The number of Topliss-reactive ketones (excluding diaryl/α,β-unsaturated/α-hetero) is 1. The van der Waals surface area contributed by atoms with Gasteiger partial charge in [-0.15, -0.1) is 0 Å². The van der Waals surface area contributed by atoms with Crippen LogP contribution in [-0.2, 0) is 16.0 Å². The molecule has 0 radical (unpaired) electrons. The summed E-state index contributed by atoms with van der Waals surface area (Å²) >= 11 is 0. The molecule has 172 valence electrons. The van der Waals surface area contributed by atoms with Gasteiger partial charge < -0.3 is 14.2 Å². The lowest BCUT2D eigenvalue weighted by Crippen LogP contribution is -2.30. The van der Waals surface area contributed by atoms with Gasteiger partial charge in [0.15, 0.2) is 23.4 Å². The first-order chi connectivity index (χ1) is 16.7. The lowest BCUT2D eigenvalue weighted by molar-refractivity contribution is -0.129. The van der Waals surface area contributed by atoms with Crippen LogP contribution in [0.4, 0.5) is 0 Å². The van der Waals surface area contributed by atoms with Gasteiger partial charge in [0, 0.05) is 11.8 Å². The van der Waals surface area contributed by atoms with Crippen LogP contribution in [0.25, 0.3) is 22.6 Å². The van der Waals surface area contributed by atoms with E-state index in [1.165, 1.54) is 0 Å². The van der Waals surface area contributed by atoms with Gasteiger partial charge in [-0.05, 0) is 79.5 Å². The topological polar surface area (TPSA) is 74.7 Å². The number of fused-ring (bicyclic) bond motifs is 3. The molecule has 2 aromatic carbocycles. The maximum atomic E-state index is 13.5. The Morgan fingerprint density at radius 2 is 1.88 bits per heavy atom. The molecule has 1 aromatic heterocycles. The molecule has 6 heteroatoms. The lowest BCUT2D eigenvalue weighted by atomic mass is 9.85. The number of nitrogens with zero attached hydrogens (tertiary/aromatic N) is 1. The third-order valence-electron chi connectivity index (χ3n) is 6.86. The van der Waals surface area contributed by atoms with Crippen LogP contribution in [0.3, 0.4) is 0 Å². The molecule has 1 aliphatic heterocycles. The molecule has 1 saturated carbocycles. The molecule has 0 bridgehead atoms. The van der Waals surface area contributed by atoms with E-state index in [0.717, 1.165) is 76.9 Å². The zero-order valence-corrected chi connectivity index (χ0v) is 18.8. The standard InChI is InChI=1S/C28H25NO5/c30-22-10-3-4-11-23(22)34-28(31)26-19-7-1-2-9-21(19)29-27-18(6-5-8-20(26)27)14-17-12-13-24-25(15-17)33-16-32-24/h1-2,7,9,12-15,23H,3-6,8,10-11,16H2/b18-14-/t23-/m0/s1. The van der Waals surface area contributed by atoms with Crippen molar-refractivity contribution in [2.75, 3.05) is 6.79 Å². The molecular formula is C28H25NO5. The summed E-state index contributed by atoms with van der Waals surface area (Å²) in [6.07, 6.45) is 6.84. The van der Waals surface area contributed by atoms with E-state index in [9.17, 15) is 9.59 Å². The van der Waals surface area contributed by atoms with E-state index in [1.54, 1.807) is 0 Å². The molecule has 0 N–H and O–H groups in total. The summed E-state index contributed by atoms with van der Waals surface area (Å²) in [6, 6.07) is 13.5. The molecule has 0 amide bonds. The monoisotopic (exact) mass is 455 g/mol. The van der Waals surface area contributed by atoms with Crippen LogP contribution in [-0.4, -0.2) is 29.6 Å². The zero-order chi connectivity index (χ0) is 23.1. The predicted molar refractivity (Wildman–Crippen MR) is 128 cm³/mol. The third-order valence-corrected chi connectivity index (χ3v) is 6.86. The van der Waals surface area contributed by atoms with E-state index in [0.29, 0.717) is 18.4 Å². The Kier molecular flexibility index (Phi) is 5.28. The number of carbonyl (C=O) groups excluding carboxylic acids is 2. The van der Waals surface area contributed by atoms with Crippen molar-refractivity contribution in [3.63, 3.8) is 0 Å². The first-order valence-electron chi connectivity index (χ1n) is 11.9. The highest BCUT2D eigenvalue weighted by Crippen LogP contribution is 2.38. The van der Waals surface area contributed by atoms with Gasteiger partial charge in [0.25, 0.3) is 0 Å². The number of pyridine rings is 1. The van der Waals surface area contributed by atoms with Gasteiger partial charge in [-0.3, -0.25) is 4.79 Å². The van der Waals surface area contributed by atoms with Crippen molar-refractivity contribution in [1.82, 2.24) is 4.98 Å². The Morgan fingerprint density at radius 1 is 1.00 bits per heavy atom. The highest BCUT2D eigenvalue weighted by atomic mass is 16.7. The van der Waals surface area contributed by atoms with E-state index in [4.69, 9.17) is 19.2 Å². The minimum Gasteiger partial charge on any atom is -0.454 e. The number of para-hydroxylation sites is 1. The number of ketones is 1. The Balaban J connectivity index is 1.44. The average molecular weight is 456 g/mol. The largest absolute Gasteiger partial charge is 0.454 e. The summed E-state index contributed by atoms with van der Waals surface area (Å²) in [6.45, 7) is 0.237. The molecule has 34 heavy (non-hydrogen) atoms. The number of allylic oxidation sites excluding steroid dienone is 1. The molecular weight excluding hydrogens is 430 g/mol. The fraction of sp³-hybridized carbons (Fsp3) is 0.321. The maximum absolute atomic E-state index is 13.5. The van der Waals surface area contributed by atoms with Crippen LogP contribution in [0.5, 0.6) is 11.5 Å². The molecule has 0 unspecified atom stereocenters. The summed E-state index contributed by atoms with van der Waals surface area (Å²) in [7, 11) is 0. The van der Waals surface area contributed by atoms with Gasteiger partial charge in [0.2, 0.25) is 6.79 Å². The quantitative estimate of drug-likeness (QED) is 0.485. The van der Waals surface area contributed by atoms with Crippen LogP contribution in [0.2, 0.25) is 0 Å². The molecule has 6 nitrogen and oxygen atoms in total. The second-order valence-electron chi connectivity index (χ2n) is 9.07. The van der Waals surface area contributed by atoms with Gasteiger partial charge >= 0.3 is 5.97 Å². The Labute approximate surface area is 197 Å². The lowest BCUT2D eigenvalue weighted by Gasteiger charge is -2.25. The molecule has 2 aliphatic carbocycles. The van der Waals surface area contributed by atoms with Crippen LogP contribution < -0.4 is 9.47 Å². The predicted octanol–water partition coefficient (Wildman–Crippen LogP) is 5.51. The first-order valence-corrected chi connectivity index (χ1v) is 11.9. The molecule has 1 atom stereocenters. The number of hydrogen-bond donors (Lipinski definition) is 0. The average Bonchev–Trinajstić information content (AvgIpc) is 3.32. The highest BCUT2D eigenvalue weighted by Gasteiger charge is 2.30. The molecule has 3 aromatic rings. The zero-order valence-electron chi connectivity index (χ0n) is 18.8.